The van der Waals surface area contributed by atoms with Crippen LogP contribution in [0.4, 0.5) is 0 Å². The zero-order chi connectivity index (χ0) is 19.6. The fourth-order valence-corrected chi connectivity index (χ4v) is 3.53. The number of carbonyl (C=O) groups is 1. The first kappa shape index (κ1) is 19.3. The van der Waals surface area contributed by atoms with E-state index in [0.717, 1.165) is 28.1 Å². The number of carbonyl (C=O) groups excluding carboxylic acids is 1. The van der Waals surface area contributed by atoms with Crippen LogP contribution in [0, 0.1) is 0 Å². The zero-order valence-electron chi connectivity index (χ0n) is 15.3. The predicted octanol–water partition coefficient (Wildman–Crippen LogP) is 5.85. The van der Waals surface area contributed by atoms with Crippen LogP contribution in [0.1, 0.15) is 17.4 Å². The maximum atomic E-state index is 12.4. The van der Waals surface area contributed by atoms with Gasteiger partial charge in [0.05, 0.1) is 19.4 Å². The Balaban J connectivity index is 2.23. The van der Waals surface area contributed by atoms with Crippen LogP contribution in [0.5, 0.6) is 5.75 Å². The monoisotopic (exact) mass is 403 g/mol. The Bertz CT molecular complexity index is 978. The number of hydrogen-bond acceptors (Lipinski definition) is 3. The lowest BCUT2D eigenvalue weighted by Gasteiger charge is -2.11. The van der Waals surface area contributed by atoms with E-state index in [1.54, 1.807) is 32.2 Å². The highest BCUT2D eigenvalue weighted by Gasteiger charge is 2.22. The molecule has 0 spiro atoms. The molecule has 0 unspecified atom stereocenters. The summed E-state index contributed by atoms with van der Waals surface area (Å²) in [6.45, 7) is 2.08. The first-order chi connectivity index (χ1) is 13.0. The van der Waals surface area contributed by atoms with Crippen molar-refractivity contribution in [1.82, 2.24) is 4.57 Å². The summed E-state index contributed by atoms with van der Waals surface area (Å²) in [5.41, 5.74) is 3.84. The third-order valence-electron chi connectivity index (χ3n) is 4.30. The van der Waals surface area contributed by atoms with Crippen molar-refractivity contribution < 1.29 is 14.3 Å². The van der Waals surface area contributed by atoms with E-state index in [-0.39, 0.29) is 5.97 Å². The molecule has 0 N–H and O–H groups in total. The van der Waals surface area contributed by atoms with E-state index in [4.69, 9.17) is 32.7 Å². The van der Waals surface area contributed by atoms with E-state index in [1.807, 2.05) is 41.9 Å². The molecular formula is C21H19Cl2NO3. The predicted molar refractivity (Wildman–Crippen MR) is 109 cm³/mol. The van der Waals surface area contributed by atoms with Crippen LogP contribution >= 0.6 is 23.2 Å². The highest BCUT2D eigenvalue weighted by molar-refractivity contribution is 6.36. The van der Waals surface area contributed by atoms with Crippen LogP contribution in [-0.4, -0.2) is 24.3 Å². The normalized spacial score (nSPS) is 10.7. The van der Waals surface area contributed by atoms with E-state index in [1.165, 1.54) is 0 Å². The van der Waals surface area contributed by atoms with Gasteiger partial charge >= 0.3 is 5.97 Å². The summed E-state index contributed by atoms with van der Waals surface area (Å²) in [7, 11) is 3.45. The topological polar surface area (TPSA) is 40.5 Å². The van der Waals surface area contributed by atoms with Crippen LogP contribution in [0.2, 0.25) is 10.0 Å². The molecule has 27 heavy (non-hydrogen) atoms. The quantitative estimate of drug-likeness (QED) is 0.501. The van der Waals surface area contributed by atoms with Gasteiger partial charge in [0.15, 0.2) is 0 Å². The van der Waals surface area contributed by atoms with Crippen molar-refractivity contribution in [2.24, 2.45) is 7.05 Å². The second-order valence-electron chi connectivity index (χ2n) is 5.92. The largest absolute Gasteiger partial charge is 0.497 e. The van der Waals surface area contributed by atoms with E-state index < -0.39 is 0 Å². The average Bonchev–Trinajstić information content (AvgIpc) is 2.99. The Hall–Kier alpha value is -2.43. The highest BCUT2D eigenvalue weighted by Crippen LogP contribution is 2.39. The Morgan fingerprint density at radius 3 is 2.33 bits per heavy atom. The molecule has 0 saturated heterocycles. The molecule has 0 aliphatic carbocycles. The molecule has 0 fully saturated rings. The molecule has 0 saturated carbocycles. The van der Waals surface area contributed by atoms with Gasteiger partial charge in [-0.3, -0.25) is 0 Å². The van der Waals surface area contributed by atoms with Crippen LogP contribution in [0.25, 0.3) is 22.4 Å². The molecule has 6 heteroatoms. The Kier molecular flexibility index (Phi) is 5.78. The van der Waals surface area contributed by atoms with Crippen LogP contribution in [0.3, 0.4) is 0 Å². The fraction of sp³-hybridized carbons (Fsp3) is 0.190. The third kappa shape index (κ3) is 3.82. The van der Waals surface area contributed by atoms with E-state index in [2.05, 4.69) is 0 Å². The summed E-state index contributed by atoms with van der Waals surface area (Å²) >= 11 is 12.5. The van der Waals surface area contributed by atoms with Crippen LogP contribution < -0.4 is 4.74 Å². The van der Waals surface area contributed by atoms with Gasteiger partial charge in [-0.2, -0.15) is 0 Å². The first-order valence-electron chi connectivity index (χ1n) is 8.43. The fourth-order valence-electron chi connectivity index (χ4n) is 3.02. The molecule has 0 atom stereocenters. The zero-order valence-corrected chi connectivity index (χ0v) is 16.8. The minimum atomic E-state index is -0.383. The van der Waals surface area contributed by atoms with Gasteiger partial charge in [-0.05, 0) is 55.0 Å². The molecule has 0 aliphatic rings. The number of halogens is 2. The molecule has 0 amide bonds. The Morgan fingerprint density at radius 1 is 1.04 bits per heavy atom. The van der Waals surface area contributed by atoms with Gasteiger partial charge in [-0.25, -0.2) is 4.79 Å². The minimum Gasteiger partial charge on any atom is -0.497 e. The molecular weight excluding hydrogens is 385 g/mol. The number of methoxy groups -OCH3 is 1. The van der Waals surface area contributed by atoms with Crippen LogP contribution in [-0.2, 0) is 11.8 Å². The molecule has 3 rings (SSSR count). The van der Waals surface area contributed by atoms with Crippen molar-refractivity contribution in [3.8, 4) is 28.1 Å². The van der Waals surface area contributed by atoms with Crippen LogP contribution in [0.15, 0.2) is 48.5 Å². The van der Waals surface area contributed by atoms with Crippen molar-refractivity contribution >= 4 is 29.2 Å². The maximum absolute atomic E-state index is 12.4. The molecule has 0 aliphatic heterocycles. The van der Waals surface area contributed by atoms with E-state index in [0.29, 0.717) is 22.3 Å². The van der Waals surface area contributed by atoms with Gasteiger partial charge < -0.3 is 14.0 Å². The molecule has 0 bridgehead atoms. The van der Waals surface area contributed by atoms with Gasteiger partial charge in [-0.1, -0.05) is 29.3 Å². The maximum Gasteiger partial charge on any atom is 0.354 e. The second-order valence-corrected chi connectivity index (χ2v) is 6.77. The molecule has 1 aromatic heterocycles. The Labute approximate surface area is 168 Å². The number of nitrogens with zero attached hydrogens (tertiary/aromatic N) is 1. The van der Waals surface area contributed by atoms with Crippen molar-refractivity contribution in [3.05, 3.63) is 64.3 Å². The highest BCUT2D eigenvalue weighted by atomic mass is 35.5. The summed E-state index contributed by atoms with van der Waals surface area (Å²) in [6.07, 6.45) is 0. The number of aromatic nitrogens is 1. The van der Waals surface area contributed by atoms with Gasteiger partial charge in [0.25, 0.3) is 0 Å². The summed E-state index contributed by atoms with van der Waals surface area (Å²) < 4.78 is 12.3. The number of rotatable bonds is 5. The molecule has 2 aromatic carbocycles. The lowest BCUT2D eigenvalue weighted by molar-refractivity contribution is 0.0515. The van der Waals surface area contributed by atoms with E-state index in [9.17, 15) is 4.79 Å². The van der Waals surface area contributed by atoms with Gasteiger partial charge in [0.1, 0.15) is 11.4 Å². The number of ether oxygens (including phenoxy) is 2. The average molecular weight is 404 g/mol. The smallest absolute Gasteiger partial charge is 0.354 e. The first-order valence-corrected chi connectivity index (χ1v) is 9.18. The van der Waals surface area contributed by atoms with Gasteiger partial charge in [0.2, 0.25) is 0 Å². The summed E-state index contributed by atoms with van der Waals surface area (Å²) in [6, 6.07) is 14.7. The Morgan fingerprint density at radius 2 is 1.74 bits per heavy atom. The van der Waals surface area contributed by atoms with E-state index >= 15 is 0 Å². The van der Waals surface area contributed by atoms with Crippen molar-refractivity contribution in [3.63, 3.8) is 0 Å². The molecule has 4 nitrogen and oxygen atoms in total. The second kappa shape index (κ2) is 8.07. The molecule has 3 aromatic rings. The van der Waals surface area contributed by atoms with Gasteiger partial charge in [0, 0.05) is 28.2 Å². The molecule has 0 radical (unpaired) electrons. The lowest BCUT2D eigenvalue weighted by atomic mass is 10.0. The number of esters is 1. The molecule has 1 heterocycles. The summed E-state index contributed by atoms with van der Waals surface area (Å²) in [5, 5.41) is 1.06. The van der Waals surface area contributed by atoms with Crippen molar-refractivity contribution in [2.45, 2.75) is 6.92 Å². The van der Waals surface area contributed by atoms with Gasteiger partial charge in [-0.15, -0.1) is 0 Å². The summed E-state index contributed by atoms with van der Waals surface area (Å²) in [5.74, 6) is 0.371. The minimum absolute atomic E-state index is 0.304. The van der Waals surface area contributed by atoms with Crippen molar-refractivity contribution in [2.75, 3.05) is 13.7 Å². The number of benzene rings is 2. The molecule has 140 valence electrons. The lowest BCUT2D eigenvalue weighted by Crippen LogP contribution is -2.10. The SMILES string of the molecule is CCOC(=O)c1cc(-c2ccc(Cl)cc2Cl)c(-c2ccc(OC)cc2)n1C. The third-order valence-corrected chi connectivity index (χ3v) is 4.85. The standard InChI is InChI=1S/C21H19Cl2NO3/c1-4-27-21(25)19-12-17(16-10-7-14(22)11-18(16)23)20(24(19)2)13-5-8-15(26-3)9-6-13/h5-12H,4H2,1-3H3. The number of hydrogen-bond donors (Lipinski definition) is 0. The van der Waals surface area contributed by atoms with Crippen molar-refractivity contribution in [1.29, 1.82) is 0 Å². The summed E-state index contributed by atoms with van der Waals surface area (Å²) in [4.78, 5) is 12.4.